The molecule has 5 nitrogen and oxygen atoms in total. The minimum atomic E-state index is -0.0738. The maximum absolute atomic E-state index is 13.6. The first-order valence-corrected chi connectivity index (χ1v) is 13.2. The highest BCUT2D eigenvalue weighted by molar-refractivity contribution is 5.95. The zero-order valence-electron chi connectivity index (χ0n) is 21.4. The summed E-state index contributed by atoms with van der Waals surface area (Å²) in [6.07, 6.45) is 9.01. The molecule has 5 heteroatoms. The van der Waals surface area contributed by atoms with Crippen molar-refractivity contribution in [1.29, 1.82) is 0 Å². The zero-order chi connectivity index (χ0) is 24.0. The van der Waals surface area contributed by atoms with Gasteiger partial charge in [-0.25, -0.2) is 4.98 Å². The zero-order valence-corrected chi connectivity index (χ0v) is 21.4. The largest absolute Gasteiger partial charge is 0.381 e. The standard InChI is InChI=1S/C28H44N2O3/c1-6-33-18-21(14-19(2)3)15-26(31)22-8-7-9-23(16-22)28(32)30(25-11-12-25)27-13-10-24(17-29-27)20(4)5/h10,13,17,19-23,25H,6-9,11-12,14-16,18H2,1-5H3/t21-,22+,23-/m0/s1. The molecular weight excluding hydrogens is 412 g/mol. The number of amides is 1. The first-order chi connectivity index (χ1) is 15.8. The fourth-order valence-electron chi connectivity index (χ4n) is 5.21. The molecule has 184 valence electrons. The van der Waals surface area contributed by atoms with E-state index in [2.05, 4.69) is 38.7 Å². The van der Waals surface area contributed by atoms with Crippen molar-refractivity contribution in [1.82, 2.24) is 4.98 Å². The lowest BCUT2D eigenvalue weighted by atomic mass is 9.76. The number of hydrogen-bond acceptors (Lipinski definition) is 4. The molecule has 1 aromatic rings. The Morgan fingerprint density at radius 2 is 1.82 bits per heavy atom. The van der Waals surface area contributed by atoms with E-state index in [9.17, 15) is 9.59 Å². The van der Waals surface area contributed by atoms with Crippen molar-refractivity contribution in [3.63, 3.8) is 0 Å². The third-order valence-electron chi connectivity index (χ3n) is 7.16. The highest BCUT2D eigenvalue weighted by Crippen LogP contribution is 2.37. The number of carbonyl (C=O) groups is 2. The minimum Gasteiger partial charge on any atom is -0.381 e. The van der Waals surface area contributed by atoms with Gasteiger partial charge >= 0.3 is 0 Å². The SMILES string of the molecule is CCOC[C@H](CC(=O)[C@@H]1CCC[C@H](C(=O)N(c2ccc(C(C)C)cn2)C2CC2)C1)CC(C)C. The number of ketones is 1. The van der Waals surface area contributed by atoms with Gasteiger partial charge in [0.15, 0.2) is 0 Å². The smallest absolute Gasteiger partial charge is 0.231 e. The molecule has 0 saturated heterocycles. The molecule has 1 aromatic heterocycles. The van der Waals surface area contributed by atoms with Crippen LogP contribution in [0.25, 0.3) is 0 Å². The molecule has 0 bridgehead atoms. The first kappa shape index (κ1) is 25.9. The molecule has 33 heavy (non-hydrogen) atoms. The average molecular weight is 457 g/mol. The van der Waals surface area contributed by atoms with Gasteiger partial charge in [-0.1, -0.05) is 40.2 Å². The molecule has 0 aliphatic heterocycles. The Bertz CT molecular complexity index is 770. The van der Waals surface area contributed by atoms with Gasteiger partial charge in [0.1, 0.15) is 11.6 Å². The van der Waals surface area contributed by atoms with Crippen LogP contribution in [0.1, 0.15) is 97.5 Å². The molecule has 3 atom stereocenters. The van der Waals surface area contributed by atoms with Gasteiger partial charge in [0.25, 0.3) is 0 Å². The molecule has 2 saturated carbocycles. The highest BCUT2D eigenvalue weighted by Gasteiger charge is 2.40. The summed E-state index contributed by atoms with van der Waals surface area (Å²) in [6.45, 7) is 12.1. The number of pyridine rings is 1. The Morgan fingerprint density at radius 3 is 2.39 bits per heavy atom. The van der Waals surface area contributed by atoms with E-state index in [4.69, 9.17) is 4.74 Å². The molecule has 3 rings (SSSR count). The number of Topliss-reactive ketones (excluding diaryl/α,β-unsaturated/α-hetero) is 1. The van der Waals surface area contributed by atoms with Crippen LogP contribution >= 0.6 is 0 Å². The molecule has 2 aliphatic rings. The monoisotopic (exact) mass is 456 g/mol. The third-order valence-corrected chi connectivity index (χ3v) is 7.16. The summed E-state index contributed by atoms with van der Waals surface area (Å²) in [5.41, 5.74) is 1.19. The van der Waals surface area contributed by atoms with E-state index in [1.807, 2.05) is 24.1 Å². The Hall–Kier alpha value is -1.75. The molecule has 2 fully saturated rings. The summed E-state index contributed by atoms with van der Waals surface area (Å²) in [7, 11) is 0. The summed E-state index contributed by atoms with van der Waals surface area (Å²) in [6, 6.07) is 4.37. The summed E-state index contributed by atoms with van der Waals surface area (Å²) < 4.78 is 5.66. The molecular formula is C28H44N2O3. The second kappa shape index (κ2) is 12.1. The van der Waals surface area contributed by atoms with Crippen molar-refractivity contribution in [3.05, 3.63) is 23.9 Å². The number of hydrogen-bond donors (Lipinski definition) is 0. The molecule has 2 aliphatic carbocycles. The molecule has 1 heterocycles. The van der Waals surface area contributed by atoms with Gasteiger partial charge in [0.05, 0.1) is 0 Å². The van der Waals surface area contributed by atoms with E-state index in [0.717, 1.165) is 44.3 Å². The second-order valence-corrected chi connectivity index (χ2v) is 10.9. The van der Waals surface area contributed by atoms with Gasteiger partial charge in [-0.15, -0.1) is 0 Å². The Kier molecular flexibility index (Phi) is 9.48. The molecule has 0 aromatic carbocycles. The van der Waals surface area contributed by atoms with Crippen LogP contribution in [0.3, 0.4) is 0 Å². The lowest BCUT2D eigenvalue weighted by molar-refractivity contribution is -0.128. The van der Waals surface area contributed by atoms with E-state index in [0.29, 0.717) is 43.7 Å². The van der Waals surface area contributed by atoms with Gasteiger partial charge in [-0.2, -0.15) is 0 Å². The van der Waals surface area contributed by atoms with Crippen molar-refractivity contribution < 1.29 is 14.3 Å². The van der Waals surface area contributed by atoms with Crippen molar-refractivity contribution in [2.45, 2.75) is 97.9 Å². The quantitative estimate of drug-likeness (QED) is 0.378. The number of nitrogens with zero attached hydrogens (tertiary/aromatic N) is 2. The third kappa shape index (κ3) is 7.37. The van der Waals surface area contributed by atoms with Gasteiger partial charge in [-0.05, 0) is 74.8 Å². The predicted molar refractivity (Wildman–Crippen MR) is 133 cm³/mol. The Balaban J connectivity index is 1.65. The molecule has 0 spiro atoms. The summed E-state index contributed by atoms with van der Waals surface area (Å²) in [5.74, 6) is 2.45. The van der Waals surface area contributed by atoms with Gasteiger partial charge in [0, 0.05) is 43.7 Å². The fourth-order valence-corrected chi connectivity index (χ4v) is 5.21. The molecule has 1 amide bonds. The summed E-state index contributed by atoms with van der Waals surface area (Å²) in [4.78, 5) is 33.4. The van der Waals surface area contributed by atoms with Gasteiger partial charge in [-0.3, -0.25) is 14.5 Å². The lowest BCUT2D eigenvalue weighted by Gasteiger charge is -2.32. The molecule has 0 unspecified atom stereocenters. The van der Waals surface area contributed by atoms with Crippen LogP contribution in [0.15, 0.2) is 18.3 Å². The van der Waals surface area contributed by atoms with E-state index >= 15 is 0 Å². The van der Waals surface area contributed by atoms with Crippen LogP contribution in [-0.4, -0.2) is 35.9 Å². The summed E-state index contributed by atoms with van der Waals surface area (Å²) >= 11 is 0. The van der Waals surface area contributed by atoms with Crippen molar-refractivity contribution >= 4 is 17.5 Å². The number of aromatic nitrogens is 1. The van der Waals surface area contributed by atoms with Crippen LogP contribution in [0, 0.1) is 23.7 Å². The Labute approximate surface area is 200 Å². The number of anilines is 1. The Morgan fingerprint density at radius 1 is 1.09 bits per heavy atom. The number of rotatable bonds is 12. The lowest BCUT2D eigenvalue weighted by Crippen LogP contribution is -2.41. The fraction of sp³-hybridized carbons (Fsp3) is 0.750. The van der Waals surface area contributed by atoms with E-state index < -0.39 is 0 Å². The molecule has 0 N–H and O–H groups in total. The van der Waals surface area contributed by atoms with Crippen LogP contribution in [0.2, 0.25) is 0 Å². The minimum absolute atomic E-state index is 0.00122. The van der Waals surface area contributed by atoms with Gasteiger partial charge in [0.2, 0.25) is 5.91 Å². The van der Waals surface area contributed by atoms with E-state index in [1.54, 1.807) is 0 Å². The maximum Gasteiger partial charge on any atom is 0.231 e. The first-order valence-electron chi connectivity index (χ1n) is 13.2. The topological polar surface area (TPSA) is 59.5 Å². The summed E-state index contributed by atoms with van der Waals surface area (Å²) in [5, 5.41) is 0. The van der Waals surface area contributed by atoms with Crippen molar-refractivity contribution in [2.75, 3.05) is 18.1 Å². The van der Waals surface area contributed by atoms with Crippen molar-refractivity contribution in [2.24, 2.45) is 23.7 Å². The van der Waals surface area contributed by atoms with Crippen LogP contribution in [-0.2, 0) is 14.3 Å². The predicted octanol–water partition coefficient (Wildman–Crippen LogP) is 6.16. The number of ether oxygens (including phenoxy) is 1. The second-order valence-electron chi connectivity index (χ2n) is 10.9. The van der Waals surface area contributed by atoms with E-state index in [1.165, 1.54) is 5.56 Å². The number of carbonyl (C=O) groups excluding carboxylic acids is 2. The molecule has 0 radical (unpaired) electrons. The normalized spacial score (nSPS) is 21.9. The van der Waals surface area contributed by atoms with Gasteiger partial charge < -0.3 is 4.74 Å². The van der Waals surface area contributed by atoms with Crippen LogP contribution in [0.5, 0.6) is 0 Å². The average Bonchev–Trinajstić information content (AvgIpc) is 3.62. The van der Waals surface area contributed by atoms with E-state index in [-0.39, 0.29) is 29.7 Å². The van der Waals surface area contributed by atoms with Crippen LogP contribution in [0.4, 0.5) is 5.82 Å². The highest BCUT2D eigenvalue weighted by atomic mass is 16.5. The van der Waals surface area contributed by atoms with Crippen molar-refractivity contribution in [3.8, 4) is 0 Å². The van der Waals surface area contributed by atoms with Crippen LogP contribution < -0.4 is 4.90 Å². The maximum atomic E-state index is 13.6.